The molecule has 1 aliphatic rings. The van der Waals surface area contributed by atoms with E-state index in [0.717, 1.165) is 25.3 Å². The molecule has 34 heavy (non-hydrogen) atoms. The Hall–Kier alpha value is -2.74. The van der Waals surface area contributed by atoms with E-state index in [9.17, 15) is 36.9 Å². The van der Waals surface area contributed by atoms with Crippen molar-refractivity contribution < 1.29 is 46.3 Å². The van der Waals surface area contributed by atoms with Gasteiger partial charge in [-0.25, -0.2) is 9.00 Å². The third kappa shape index (κ3) is 7.13. The Morgan fingerprint density at radius 1 is 1.26 bits per heavy atom. The first-order valence-corrected chi connectivity index (χ1v) is 12.0. The summed E-state index contributed by atoms with van der Waals surface area (Å²) in [5.41, 5.74) is -5.11. The number of pyridine rings is 1. The van der Waals surface area contributed by atoms with E-state index in [2.05, 4.69) is 14.7 Å². The van der Waals surface area contributed by atoms with Crippen molar-refractivity contribution in [3.8, 4) is 5.75 Å². The lowest BCUT2D eigenvalue weighted by molar-refractivity contribution is -0.268. The van der Waals surface area contributed by atoms with Crippen LogP contribution in [0, 0.1) is 0 Å². The van der Waals surface area contributed by atoms with Crippen LogP contribution in [0.25, 0.3) is 0 Å². The number of aromatic nitrogens is 1. The highest BCUT2D eigenvalue weighted by Crippen LogP contribution is 2.41. The third-order valence-corrected chi connectivity index (χ3v) is 6.87. The molecule has 0 radical (unpaired) electrons. The topological polar surface area (TPSA) is 144 Å². The highest BCUT2D eigenvalue weighted by molar-refractivity contribution is 7.93. The van der Waals surface area contributed by atoms with Crippen molar-refractivity contribution in [3.63, 3.8) is 0 Å². The Balaban J connectivity index is 2.18. The summed E-state index contributed by atoms with van der Waals surface area (Å²) in [6.07, 6.45) is -6.45. The van der Waals surface area contributed by atoms with Crippen LogP contribution < -0.4 is 10.1 Å². The number of alkyl halides is 3. The molecule has 1 aromatic rings. The van der Waals surface area contributed by atoms with Crippen molar-refractivity contribution in [2.24, 2.45) is 4.36 Å². The molecular weight excluding hydrogens is 483 g/mol. The van der Waals surface area contributed by atoms with Crippen molar-refractivity contribution in [1.82, 2.24) is 10.3 Å². The molecule has 190 valence electrons. The van der Waals surface area contributed by atoms with Crippen LogP contribution in [0.3, 0.4) is 0 Å². The van der Waals surface area contributed by atoms with Gasteiger partial charge in [-0.05, 0) is 39.3 Å². The monoisotopic (exact) mass is 509 g/mol. The number of amides is 2. The van der Waals surface area contributed by atoms with Crippen LogP contribution in [0.5, 0.6) is 5.75 Å². The Kier molecular flexibility index (Phi) is 7.98. The van der Waals surface area contributed by atoms with Gasteiger partial charge in [0.25, 0.3) is 5.91 Å². The largest absolute Gasteiger partial charge is 0.444 e. The quantitative estimate of drug-likeness (QED) is 0.557. The number of ether oxygens (including phenoxy) is 2. The molecule has 1 aromatic heterocycles. The van der Waals surface area contributed by atoms with Crippen LogP contribution in [0.15, 0.2) is 22.7 Å². The maximum Gasteiger partial charge on any atom is 0.423 e. The molecule has 3 unspecified atom stereocenters. The summed E-state index contributed by atoms with van der Waals surface area (Å²) in [6.45, 7) is 5.95. The van der Waals surface area contributed by atoms with E-state index < -0.39 is 69.0 Å². The van der Waals surface area contributed by atoms with Crippen LogP contribution in [0.2, 0.25) is 0 Å². The summed E-state index contributed by atoms with van der Waals surface area (Å²) in [7, 11) is -3.44. The summed E-state index contributed by atoms with van der Waals surface area (Å²) in [6, 6.07) is 0.742. The average Bonchev–Trinajstić information content (AvgIpc) is 2.66. The zero-order valence-electron chi connectivity index (χ0n) is 19.0. The molecule has 2 heterocycles. The molecule has 0 saturated carbocycles. The van der Waals surface area contributed by atoms with Gasteiger partial charge < -0.3 is 19.9 Å². The molecule has 2 N–H and O–H groups in total. The van der Waals surface area contributed by atoms with E-state index in [-0.39, 0.29) is 17.9 Å². The van der Waals surface area contributed by atoms with Gasteiger partial charge in [0.05, 0.1) is 21.6 Å². The first-order valence-electron chi connectivity index (χ1n) is 10.1. The first-order chi connectivity index (χ1) is 15.4. The van der Waals surface area contributed by atoms with Crippen LogP contribution >= 0.6 is 0 Å². The number of rotatable bonds is 6. The van der Waals surface area contributed by atoms with E-state index in [0.29, 0.717) is 0 Å². The third-order valence-electron chi connectivity index (χ3n) is 4.64. The van der Waals surface area contributed by atoms with E-state index in [4.69, 9.17) is 9.47 Å². The zero-order chi connectivity index (χ0) is 25.9. The fraction of sp³-hybridized carbons (Fsp3) is 0.600. The molecule has 3 atom stereocenters. The fourth-order valence-electron chi connectivity index (χ4n) is 3.00. The molecule has 14 heteroatoms. The second kappa shape index (κ2) is 9.86. The Bertz CT molecular complexity index is 1060. The number of alkyl carbamates (subject to hydrolysis) is 1. The predicted molar refractivity (Wildman–Crippen MR) is 113 cm³/mol. The van der Waals surface area contributed by atoms with Crippen molar-refractivity contribution in [1.29, 1.82) is 0 Å². The molecule has 0 bridgehead atoms. The van der Waals surface area contributed by atoms with E-state index >= 15 is 0 Å². The maximum atomic E-state index is 13.8. The van der Waals surface area contributed by atoms with Gasteiger partial charge in [0.2, 0.25) is 5.60 Å². The van der Waals surface area contributed by atoms with Crippen LogP contribution in [0.4, 0.5) is 18.0 Å². The summed E-state index contributed by atoms with van der Waals surface area (Å²) in [5, 5.41) is 12.8. The summed E-state index contributed by atoms with van der Waals surface area (Å²) >= 11 is 0. The van der Waals surface area contributed by atoms with Crippen LogP contribution in [-0.4, -0.2) is 61.6 Å². The van der Waals surface area contributed by atoms with Crippen LogP contribution in [-0.2, 0) is 29.7 Å². The molecule has 0 fully saturated rings. The lowest BCUT2D eigenvalue weighted by atomic mass is 9.95. The second-order valence-corrected chi connectivity index (χ2v) is 11.2. The minimum absolute atomic E-state index is 0.122. The number of aliphatic hydroxyl groups is 1. The van der Waals surface area contributed by atoms with Crippen molar-refractivity contribution in [2.75, 3.05) is 11.5 Å². The molecule has 0 aromatic carbocycles. The number of halogens is 3. The van der Waals surface area contributed by atoms with Gasteiger partial charge >= 0.3 is 18.2 Å². The normalized spacial score (nSPS) is 22.8. The van der Waals surface area contributed by atoms with E-state index in [1.807, 2.05) is 0 Å². The Morgan fingerprint density at radius 2 is 1.91 bits per heavy atom. The Morgan fingerprint density at radius 3 is 2.38 bits per heavy atom. The van der Waals surface area contributed by atoms with Crippen molar-refractivity contribution in [2.45, 2.75) is 64.0 Å². The lowest BCUT2D eigenvalue weighted by Gasteiger charge is -2.31. The summed E-state index contributed by atoms with van der Waals surface area (Å²) in [5.74, 6) is -2.81. The summed E-state index contributed by atoms with van der Waals surface area (Å²) < 4.78 is 67.6. The maximum absolute atomic E-state index is 13.8. The van der Waals surface area contributed by atoms with E-state index in [1.165, 1.54) is 0 Å². The first kappa shape index (κ1) is 27.5. The number of hydrogen-bond acceptors (Lipinski definition) is 8. The number of carbonyl (C=O) groups is 3. The molecule has 0 spiro atoms. The Labute approximate surface area is 194 Å². The molecule has 2 amide bonds. The number of hydrogen-bond donors (Lipinski definition) is 2. The molecule has 0 aliphatic carbocycles. The van der Waals surface area contributed by atoms with Gasteiger partial charge in [-0.15, -0.1) is 0 Å². The van der Waals surface area contributed by atoms with Gasteiger partial charge in [0, 0.05) is 24.9 Å². The number of esters is 1. The number of carbonyl (C=O) groups excluding carboxylic acids is 3. The zero-order valence-corrected chi connectivity index (χ0v) is 19.8. The van der Waals surface area contributed by atoms with Gasteiger partial charge in [0.1, 0.15) is 17.4 Å². The SMILES string of the molecule is CC(=O)Oc1ccc(C(O)(CCS2(=O)=NC(=O)C(NC(=O)OC(C)(C)C)CC2)C(F)(F)F)nc1. The molecule has 0 saturated heterocycles. The fourth-order valence-corrected chi connectivity index (χ4v) is 5.06. The predicted octanol–water partition coefficient (Wildman–Crippen LogP) is 2.44. The van der Waals surface area contributed by atoms with Gasteiger partial charge in [-0.2, -0.15) is 17.5 Å². The molecule has 2 rings (SSSR count). The van der Waals surface area contributed by atoms with Crippen LogP contribution in [0.1, 0.15) is 46.2 Å². The standard InChI is InChI=1S/C20H26F3N3O7S/c1-12(27)32-13-5-6-15(24-11-13)19(30,20(21,22)23)8-10-34(31)9-7-14(16(28)26-34)25-17(29)33-18(2,3)4/h5-6,11,14,30H,7-10H2,1-4H3,(H,25,29). The molecule has 10 nitrogen and oxygen atoms in total. The van der Waals surface area contributed by atoms with Gasteiger partial charge in [-0.1, -0.05) is 0 Å². The van der Waals surface area contributed by atoms with E-state index in [1.54, 1.807) is 20.8 Å². The molecular formula is C20H26F3N3O7S. The lowest BCUT2D eigenvalue weighted by Crippen LogP contribution is -2.47. The number of nitrogens with one attached hydrogen (secondary N) is 1. The minimum atomic E-state index is -5.20. The average molecular weight is 510 g/mol. The molecule has 1 aliphatic heterocycles. The summed E-state index contributed by atoms with van der Waals surface area (Å²) in [4.78, 5) is 38.6. The smallest absolute Gasteiger partial charge is 0.423 e. The van der Waals surface area contributed by atoms with Crippen molar-refractivity contribution in [3.05, 3.63) is 24.0 Å². The second-order valence-electron chi connectivity index (χ2n) is 8.68. The van der Waals surface area contributed by atoms with Crippen molar-refractivity contribution >= 4 is 27.7 Å². The highest BCUT2D eigenvalue weighted by atomic mass is 32.2. The number of nitrogens with zero attached hydrogens (tertiary/aromatic N) is 2. The van der Waals surface area contributed by atoms with Gasteiger partial charge in [0.15, 0.2) is 0 Å². The van der Waals surface area contributed by atoms with Gasteiger partial charge in [-0.3, -0.25) is 14.6 Å². The highest BCUT2D eigenvalue weighted by Gasteiger charge is 2.56. The minimum Gasteiger partial charge on any atom is -0.444 e.